The third-order valence-electron chi connectivity index (χ3n) is 5.18. The summed E-state index contributed by atoms with van der Waals surface area (Å²) in [5.74, 6) is -0.0475. The molecule has 1 fully saturated rings. The van der Waals surface area contributed by atoms with Gasteiger partial charge in [-0.15, -0.1) is 0 Å². The number of aryl methyl sites for hydroxylation is 1. The third kappa shape index (κ3) is 3.54. The quantitative estimate of drug-likeness (QED) is 0.588. The monoisotopic (exact) mass is 379 g/mol. The smallest absolute Gasteiger partial charge is 0.304 e. The van der Waals surface area contributed by atoms with Gasteiger partial charge in [-0.05, 0) is 19.8 Å². The molecule has 0 radical (unpaired) electrons. The Morgan fingerprint density at radius 2 is 2.22 bits per heavy atom. The van der Waals surface area contributed by atoms with E-state index in [1.807, 2.05) is 6.92 Å². The van der Waals surface area contributed by atoms with Crippen LogP contribution in [0.15, 0.2) is 11.1 Å². The molecule has 0 spiro atoms. The number of nitrogens with one attached hydrogen (secondary N) is 1. The summed E-state index contributed by atoms with van der Waals surface area (Å²) in [6.07, 6.45) is 1.79. The van der Waals surface area contributed by atoms with Gasteiger partial charge in [0.25, 0.3) is 11.2 Å². The molecule has 0 aliphatic carbocycles. The van der Waals surface area contributed by atoms with E-state index in [4.69, 9.17) is 10.5 Å². The van der Waals surface area contributed by atoms with Gasteiger partial charge in [-0.2, -0.15) is 9.55 Å². The van der Waals surface area contributed by atoms with Crippen LogP contribution in [0, 0.1) is 5.92 Å². The van der Waals surface area contributed by atoms with Gasteiger partial charge in [0, 0.05) is 26.4 Å². The highest BCUT2D eigenvalue weighted by Crippen LogP contribution is 2.37. The van der Waals surface area contributed by atoms with Crippen molar-refractivity contribution < 1.29 is 19.2 Å². The maximum Gasteiger partial charge on any atom is 0.304 e. The molecule has 1 saturated heterocycles. The number of aromatic nitrogens is 4. The molecule has 27 heavy (non-hydrogen) atoms. The lowest BCUT2D eigenvalue weighted by molar-refractivity contribution is -0.646. The number of carbonyl (C=O) groups is 1. The van der Waals surface area contributed by atoms with Crippen molar-refractivity contribution in [1.29, 1.82) is 0 Å². The molecule has 2 aromatic rings. The van der Waals surface area contributed by atoms with Crippen molar-refractivity contribution in [2.75, 3.05) is 19.8 Å². The second-order valence-corrected chi connectivity index (χ2v) is 7.32. The van der Waals surface area contributed by atoms with E-state index in [1.54, 1.807) is 41.5 Å². The maximum atomic E-state index is 12.2. The molecule has 3 rings (SSSR count). The van der Waals surface area contributed by atoms with Crippen molar-refractivity contribution in [2.45, 2.75) is 44.6 Å². The molecule has 1 aliphatic rings. The van der Waals surface area contributed by atoms with E-state index in [1.165, 1.54) is 0 Å². The predicted octanol–water partition coefficient (Wildman–Crippen LogP) is -0.716. The second kappa shape index (κ2) is 7.28. The molecule has 0 aromatic carbocycles. The number of H-pyrrole nitrogens is 1. The van der Waals surface area contributed by atoms with Crippen LogP contribution >= 0.6 is 0 Å². The number of carbonyl (C=O) groups excluding carboxylic acids is 1. The lowest BCUT2D eigenvalue weighted by Crippen LogP contribution is -2.32. The zero-order valence-electron chi connectivity index (χ0n) is 16.0. The number of ether oxygens (including phenoxy) is 1. The Balaban J connectivity index is 1.82. The number of imidazole rings is 1. The molecule has 2 aromatic heterocycles. The highest BCUT2D eigenvalue weighted by Gasteiger charge is 2.46. The Hall–Kier alpha value is -2.46. The third-order valence-corrected chi connectivity index (χ3v) is 5.18. The van der Waals surface area contributed by atoms with Crippen molar-refractivity contribution in [2.24, 2.45) is 13.0 Å². The number of aliphatic hydroxyl groups excluding tert-OH is 1. The minimum atomic E-state index is -0.785. The molecule has 148 valence electrons. The van der Waals surface area contributed by atoms with Crippen LogP contribution in [0.25, 0.3) is 11.2 Å². The van der Waals surface area contributed by atoms with E-state index >= 15 is 0 Å². The van der Waals surface area contributed by atoms with Gasteiger partial charge in [0.15, 0.2) is 0 Å². The number of anilines is 1. The van der Waals surface area contributed by atoms with Gasteiger partial charge in [-0.25, -0.2) is 4.57 Å². The summed E-state index contributed by atoms with van der Waals surface area (Å²) < 4.78 is 9.26. The maximum absolute atomic E-state index is 12.2. The summed E-state index contributed by atoms with van der Waals surface area (Å²) in [5.41, 5.74) is 6.05. The average molecular weight is 379 g/mol. The zero-order chi connectivity index (χ0) is 19.9. The molecule has 10 heteroatoms. The van der Waals surface area contributed by atoms with Crippen molar-refractivity contribution in [3.8, 4) is 0 Å². The Morgan fingerprint density at radius 3 is 2.89 bits per heavy atom. The second-order valence-electron chi connectivity index (χ2n) is 7.32. The number of aliphatic hydroxyl groups is 1. The normalized spacial score (nSPS) is 25.2. The SMILES string of the molecule is C[C@H]1OC(n2c[n+](C)c3c(=O)[nH]c(N)nc32)[C@H](O)[C@@H]1CCCC(=O)N(C)C. The molecule has 1 unspecified atom stereocenters. The number of nitrogens with two attached hydrogens (primary N) is 1. The van der Waals surface area contributed by atoms with Gasteiger partial charge in [0.05, 0.1) is 13.2 Å². The number of nitrogens with zero attached hydrogens (tertiary/aromatic N) is 4. The average Bonchev–Trinajstić information content (AvgIpc) is 3.05. The topological polar surface area (TPSA) is 130 Å². The van der Waals surface area contributed by atoms with Crippen molar-refractivity contribution in [3.63, 3.8) is 0 Å². The molecular formula is C17H27N6O4+. The van der Waals surface area contributed by atoms with Crippen molar-refractivity contribution in [3.05, 3.63) is 16.7 Å². The zero-order valence-corrected chi connectivity index (χ0v) is 16.0. The van der Waals surface area contributed by atoms with E-state index in [9.17, 15) is 14.7 Å². The summed E-state index contributed by atoms with van der Waals surface area (Å²) >= 11 is 0. The Labute approximate surface area is 156 Å². The van der Waals surface area contributed by atoms with Gasteiger partial charge in [-0.1, -0.05) is 0 Å². The van der Waals surface area contributed by atoms with E-state index < -0.39 is 12.3 Å². The number of nitrogen functional groups attached to an aromatic ring is 1. The summed E-state index contributed by atoms with van der Waals surface area (Å²) in [6, 6.07) is 0. The van der Waals surface area contributed by atoms with E-state index in [0.29, 0.717) is 30.4 Å². The predicted molar refractivity (Wildman–Crippen MR) is 97.6 cm³/mol. The Morgan fingerprint density at radius 1 is 1.52 bits per heavy atom. The Bertz CT molecular complexity index is 905. The summed E-state index contributed by atoms with van der Waals surface area (Å²) in [7, 11) is 5.18. The fourth-order valence-electron chi connectivity index (χ4n) is 3.69. The molecule has 3 heterocycles. The number of rotatable bonds is 5. The minimum absolute atomic E-state index is 0.00623. The molecule has 1 amide bonds. The minimum Gasteiger partial charge on any atom is -0.386 e. The van der Waals surface area contributed by atoms with E-state index in [-0.39, 0.29) is 29.4 Å². The number of fused-ring (bicyclic) bond motifs is 1. The summed E-state index contributed by atoms with van der Waals surface area (Å²) in [4.78, 5) is 32.2. The Kier molecular flexibility index (Phi) is 5.20. The van der Waals surface area contributed by atoms with Gasteiger partial charge in [0.2, 0.25) is 24.4 Å². The number of hydrogen-bond donors (Lipinski definition) is 3. The van der Waals surface area contributed by atoms with Gasteiger partial charge >= 0.3 is 5.56 Å². The number of aromatic amines is 1. The molecule has 0 bridgehead atoms. The van der Waals surface area contributed by atoms with Crippen molar-refractivity contribution >= 4 is 23.0 Å². The van der Waals surface area contributed by atoms with Gasteiger partial charge in [-0.3, -0.25) is 14.6 Å². The van der Waals surface area contributed by atoms with E-state index in [2.05, 4.69) is 9.97 Å². The molecule has 1 aliphatic heterocycles. The largest absolute Gasteiger partial charge is 0.386 e. The van der Waals surface area contributed by atoms with Crippen LogP contribution < -0.4 is 15.9 Å². The highest BCUT2D eigenvalue weighted by molar-refractivity contribution is 5.75. The summed E-state index contributed by atoms with van der Waals surface area (Å²) in [5, 5.41) is 10.9. The lowest BCUT2D eigenvalue weighted by Gasteiger charge is -2.17. The van der Waals surface area contributed by atoms with Crippen LogP contribution in [0.2, 0.25) is 0 Å². The molecule has 10 nitrogen and oxygen atoms in total. The molecule has 0 saturated carbocycles. The van der Waals surface area contributed by atoms with Crippen LogP contribution in [0.1, 0.15) is 32.4 Å². The lowest BCUT2D eigenvalue weighted by atomic mass is 9.92. The van der Waals surface area contributed by atoms with Crippen LogP contribution in [0.3, 0.4) is 0 Å². The van der Waals surface area contributed by atoms with E-state index in [0.717, 1.165) is 0 Å². The van der Waals surface area contributed by atoms with Gasteiger partial charge < -0.3 is 20.5 Å². The number of amides is 1. The molecule has 4 atom stereocenters. The van der Waals surface area contributed by atoms with Crippen LogP contribution in [0.5, 0.6) is 0 Å². The van der Waals surface area contributed by atoms with Crippen LogP contribution in [-0.4, -0.2) is 56.8 Å². The van der Waals surface area contributed by atoms with Crippen molar-refractivity contribution in [1.82, 2.24) is 19.4 Å². The summed E-state index contributed by atoms with van der Waals surface area (Å²) in [6.45, 7) is 1.90. The number of hydrogen-bond acceptors (Lipinski definition) is 6. The first-order chi connectivity index (χ1) is 12.7. The van der Waals surface area contributed by atoms with Crippen LogP contribution in [-0.2, 0) is 16.6 Å². The fourth-order valence-corrected chi connectivity index (χ4v) is 3.69. The highest BCUT2D eigenvalue weighted by atomic mass is 16.5. The fraction of sp³-hybridized carbons (Fsp3) is 0.647. The first-order valence-electron chi connectivity index (χ1n) is 9.00. The standard InChI is InChI=1S/C17H26N6O4/c1-9-10(6-5-7-11(24)21(2)3)13(25)16(27-9)23-8-22(4)12-14(23)19-17(18)20-15(12)26/h8-10,13,16,25H,5-7H2,1-4H3,(H2-,18,19,20,26)/p+1/t9-,10-,13-,16?/m1/s1. The molecule has 4 N–H and O–H groups in total. The van der Waals surface area contributed by atoms with Gasteiger partial charge in [0.1, 0.15) is 6.10 Å². The first kappa shape index (κ1) is 19.3. The van der Waals surface area contributed by atoms with Crippen LogP contribution in [0.4, 0.5) is 5.95 Å². The molecular weight excluding hydrogens is 352 g/mol. The first-order valence-corrected chi connectivity index (χ1v) is 9.00.